The standard InChI is InChI=1S/C23H26N4O2/c1-16-10-12-18-8-7-9-20(21(18)24-16)29-23-19(13-11-17(2)25-23)22(26-28)27-14-5-3-4-6-15-27/h7-13,28H,3-6,14-15H2,1-2H3/b26-22-. The van der Waals surface area contributed by atoms with Crippen LogP contribution in [-0.2, 0) is 0 Å². The molecule has 3 heterocycles. The molecule has 4 rings (SSSR count). The molecule has 6 nitrogen and oxygen atoms in total. The van der Waals surface area contributed by atoms with Crippen molar-refractivity contribution in [1.29, 1.82) is 0 Å². The van der Waals surface area contributed by atoms with E-state index in [1.54, 1.807) is 0 Å². The zero-order valence-corrected chi connectivity index (χ0v) is 16.9. The van der Waals surface area contributed by atoms with Gasteiger partial charge in [-0.1, -0.05) is 36.2 Å². The topological polar surface area (TPSA) is 70.8 Å². The number of likely N-dealkylation sites (tertiary alicyclic amines) is 1. The lowest BCUT2D eigenvalue weighted by atomic mass is 10.2. The van der Waals surface area contributed by atoms with E-state index in [9.17, 15) is 5.21 Å². The second-order valence-electron chi connectivity index (χ2n) is 7.51. The Balaban J connectivity index is 1.75. The number of fused-ring (bicyclic) bond motifs is 1. The molecule has 0 spiro atoms. The maximum atomic E-state index is 9.84. The van der Waals surface area contributed by atoms with Gasteiger partial charge in [-0.15, -0.1) is 0 Å². The van der Waals surface area contributed by atoms with E-state index in [4.69, 9.17) is 4.74 Å². The van der Waals surface area contributed by atoms with Crippen molar-refractivity contribution >= 4 is 16.7 Å². The Morgan fingerprint density at radius 1 is 0.931 bits per heavy atom. The monoisotopic (exact) mass is 390 g/mol. The van der Waals surface area contributed by atoms with Gasteiger partial charge in [-0.25, -0.2) is 9.97 Å². The summed E-state index contributed by atoms with van der Waals surface area (Å²) in [5.74, 6) is 1.58. The van der Waals surface area contributed by atoms with Crippen molar-refractivity contribution in [1.82, 2.24) is 14.9 Å². The quantitative estimate of drug-likeness (QED) is 0.293. The molecule has 29 heavy (non-hydrogen) atoms. The van der Waals surface area contributed by atoms with Crippen LogP contribution in [0.5, 0.6) is 11.6 Å². The Kier molecular flexibility index (Phi) is 5.60. The number of rotatable bonds is 3. The molecule has 1 fully saturated rings. The molecular formula is C23H26N4O2. The molecule has 0 saturated carbocycles. The van der Waals surface area contributed by atoms with Gasteiger partial charge in [0.1, 0.15) is 5.52 Å². The molecule has 2 aromatic heterocycles. The van der Waals surface area contributed by atoms with Gasteiger partial charge >= 0.3 is 0 Å². The van der Waals surface area contributed by atoms with E-state index in [-0.39, 0.29) is 0 Å². The zero-order chi connectivity index (χ0) is 20.2. The number of nitrogens with zero attached hydrogens (tertiary/aromatic N) is 4. The minimum atomic E-state index is 0.429. The van der Waals surface area contributed by atoms with Crippen molar-refractivity contribution in [3.63, 3.8) is 0 Å². The van der Waals surface area contributed by atoms with Crippen molar-refractivity contribution in [3.05, 3.63) is 59.4 Å². The second kappa shape index (κ2) is 8.47. The highest BCUT2D eigenvalue weighted by Gasteiger charge is 2.22. The van der Waals surface area contributed by atoms with Crippen molar-refractivity contribution in [3.8, 4) is 11.6 Å². The van der Waals surface area contributed by atoms with E-state index in [1.165, 1.54) is 12.8 Å². The van der Waals surface area contributed by atoms with Gasteiger partial charge in [0.25, 0.3) is 0 Å². The summed E-state index contributed by atoms with van der Waals surface area (Å²) in [5, 5.41) is 14.5. The van der Waals surface area contributed by atoms with E-state index in [1.807, 2.05) is 56.3 Å². The van der Waals surface area contributed by atoms with Crippen LogP contribution in [0.3, 0.4) is 0 Å². The number of benzene rings is 1. The predicted octanol–water partition coefficient (Wildman–Crippen LogP) is 5.05. The van der Waals surface area contributed by atoms with Gasteiger partial charge in [0.15, 0.2) is 11.6 Å². The molecule has 0 radical (unpaired) electrons. The summed E-state index contributed by atoms with van der Waals surface area (Å²) in [5.41, 5.74) is 3.23. The number of ether oxygens (including phenoxy) is 1. The van der Waals surface area contributed by atoms with Crippen LogP contribution >= 0.6 is 0 Å². The fraction of sp³-hybridized carbons (Fsp3) is 0.348. The van der Waals surface area contributed by atoms with Gasteiger partial charge in [0, 0.05) is 29.9 Å². The number of hydrogen-bond donors (Lipinski definition) is 1. The van der Waals surface area contributed by atoms with Crippen molar-refractivity contribution in [2.75, 3.05) is 13.1 Å². The van der Waals surface area contributed by atoms with Crippen LogP contribution in [0.15, 0.2) is 47.6 Å². The van der Waals surface area contributed by atoms with Crippen molar-refractivity contribution in [2.24, 2.45) is 5.16 Å². The molecule has 0 atom stereocenters. The number of aryl methyl sites for hydroxylation is 2. The van der Waals surface area contributed by atoms with Crippen LogP contribution in [0, 0.1) is 13.8 Å². The molecule has 1 N–H and O–H groups in total. The van der Waals surface area contributed by atoms with Crippen LogP contribution in [0.2, 0.25) is 0 Å². The van der Waals surface area contributed by atoms with Crippen LogP contribution in [0.4, 0.5) is 0 Å². The molecule has 150 valence electrons. The van der Waals surface area contributed by atoms with Crippen LogP contribution < -0.4 is 4.74 Å². The number of aromatic nitrogens is 2. The smallest absolute Gasteiger partial charge is 0.230 e. The number of pyridine rings is 2. The average Bonchev–Trinajstić information content (AvgIpc) is 3.00. The average molecular weight is 390 g/mol. The van der Waals surface area contributed by atoms with E-state index < -0.39 is 0 Å². The molecule has 1 aliphatic heterocycles. The first-order chi connectivity index (χ1) is 14.2. The third kappa shape index (κ3) is 4.16. The largest absolute Gasteiger partial charge is 0.436 e. The van der Waals surface area contributed by atoms with Gasteiger partial charge in [-0.3, -0.25) is 0 Å². The van der Waals surface area contributed by atoms with E-state index in [0.29, 0.717) is 23.0 Å². The summed E-state index contributed by atoms with van der Waals surface area (Å²) in [7, 11) is 0. The van der Waals surface area contributed by atoms with Gasteiger partial charge in [0.2, 0.25) is 5.88 Å². The van der Waals surface area contributed by atoms with Crippen LogP contribution in [-0.4, -0.2) is 39.0 Å². The van der Waals surface area contributed by atoms with Crippen molar-refractivity contribution < 1.29 is 9.94 Å². The van der Waals surface area contributed by atoms with E-state index in [2.05, 4.69) is 20.0 Å². The molecule has 0 amide bonds. The molecule has 1 saturated heterocycles. The lowest BCUT2D eigenvalue weighted by Crippen LogP contribution is -2.33. The first-order valence-electron chi connectivity index (χ1n) is 10.1. The SMILES string of the molecule is Cc1ccc(/C(=N/O)N2CCCCCC2)c(Oc2cccc3ccc(C)nc23)n1. The van der Waals surface area contributed by atoms with Crippen LogP contribution in [0.1, 0.15) is 42.6 Å². The summed E-state index contributed by atoms with van der Waals surface area (Å²) in [4.78, 5) is 11.4. The normalized spacial score (nSPS) is 15.4. The summed E-state index contributed by atoms with van der Waals surface area (Å²) >= 11 is 0. The highest BCUT2D eigenvalue weighted by molar-refractivity contribution is 6.00. The van der Waals surface area contributed by atoms with E-state index in [0.717, 1.165) is 48.2 Å². The Morgan fingerprint density at radius 3 is 2.41 bits per heavy atom. The zero-order valence-electron chi connectivity index (χ0n) is 16.9. The summed E-state index contributed by atoms with van der Waals surface area (Å²) < 4.78 is 6.27. The van der Waals surface area contributed by atoms with Gasteiger partial charge in [-0.05, 0) is 51.0 Å². The third-order valence-electron chi connectivity index (χ3n) is 5.27. The fourth-order valence-electron chi connectivity index (χ4n) is 3.75. The van der Waals surface area contributed by atoms with E-state index >= 15 is 0 Å². The summed E-state index contributed by atoms with van der Waals surface area (Å²) in [6, 6.07) is 13.7. The number of para-hydroxylation sites is 1. The first-order valence-corrected chi connectivity index (χ1v) is 10.1. The Labute approximate surface area is 170 Å². The molecule has 6 heteroatoms. The fourth-order valence-corrected chi connectivity index (χ4v) is 3.75. The van der Waals surface area contributed by atoms with Crippen LogP contribution in [0.25, 0.3) is 10.9 Å². The molecule has 0 aliphatic carbocycles. The highest BCUT2D eigenvalue weighted by atomic mass is 16.5. The van der Waals surface area contributed by atoms with Gasteiger partial charge in [-0.2, -0.15) is 0 Å². The lowest BCUT2D eigenvalue weighted by Gasteiger charge is -2.24. The highest BCUT2D eigenvalue weighted by Crippen LogP contribution is 2.31. The number of amidine groups is 1. The molecule has 0 unspecified atom stereocenters. The van der Waals surface area contributed by atoms with Gasteiger partial charge < -0.3 is 14.8 Å². The number of hydrogen-bond acceptors (Lipinski definition) is 5. The van der Waals surface area contributed by atoms with Gasteiger partial charge in [0.05, 0.1) is 5.56 Å². The maximum absolute atomic E-state index is 9.84. The molecule has 3 aromatic rings. The number of oxime groups is 1. The second-order valence-corrected chi connectivity index (χ2v) is 7.51. The maximum Gasteiger partial charge on any atom is 0.230 e. The van der Waals surface area contributed by atoms with Crippen molar-refractivity contribution in [2.45, 2.75) is 39.5 Å². The molecule has 1 aromatic carbocycles. The lowest BCUT2D eigenvalue weighted by molar-refractivity contribution is 0.301. The Hall–Kier alpha value is -3.15. The molecule has 1 aliphatic rings. The Bertz CT molecular complexity index is 1040. The first kappa shape index (κ1) is 19.2. The minimum absolute atomic E-state index is 0.429. The summed E-state index contributed by atoms with van der Waals surface area (Å²) in [6.07, 6.45) is 4.57. The summed E-state index contributed by atoms with van der Waals surface area (Å²) in [6.45, 7) is 5.61. The predicted molar refractivity (Wildman–Crippen MR) is 114 cm³/mol. The molecule has 0 bridgehead atoms. The molecular weight excluding hydrogens is 364 g/mol. The minimum Gasteiger partial charge on any atom is -0.436 e. The Morgan fingerprint density at radius 2 is 1.66 bits per heavy atom. The third-order valence-corrected chi connectivity index (χ3v) is 5.27.